The highest BCUT2D eigenvalue weighted by molar-refractivity contribution is 5.97. The van der Waals surface area contributed by atoms with Crippen LogP contribution in [0.15, 0.2) is 67.1 Å². The molecule has 0 unspecified atom stereocenters. The van der Waals surface area contributed by atoms with Crippen molar-refractivity contribution in [2.45, 2.75) is 19.1 Å². The molecule has 0 saturated carbocycles. The Morgan fingerprint density at radius 3 is 2.20 bits per heavy atom. The van der Waals surface area contributed by atoms with Crippen LogP contribution in [0.4, 0.5) is 11.5 Å². The number of hydroxylamine groups is 1. The van der Waals surface area contributed by atoms with Gasteiger partial charge in [-0.1, -0.05) is 12.1 Å². The number of amides is 2. The molecule has 154 valence electrons. The predicted octanol–water partition coefficient (Wildman–Crippen LogP) is 1.87. The lowest BCUT2D eigenvalue weighted by atomic mass is 10.0. The summed E-state index contributed by atoms with van der Waals surface area (Å²) in [5.74, 6) is -0.764. The minimum atomic E-state index is -1.27. The minimum Gasteiger partial charge on any atom is -0.391 e. The zero-order chi connectivity index (χ0) is 21.5. The number of benzene rings is 1. The molecule has 2 heterocycles. The van der Waals surface area contributed by atoms with Crippen LogP contribution in [0.3, 0.4) is 0 Å². The molecule has 3 aromatic rings. The van der Waals surface area contributed by atoms with Gasteiger partial charge >= 0.3 is 0 Å². The third kappa shape index (κ3) is 5.16. The van der Waals surface area contributed by atoms with Crippen LogP contribution < -0.4 is 16.1 Å². The molecule has 2 aromatic heterocycles. The summed E-state index contributed by atoms with van der Waals surface area (Å²) in [5.41, 5.74) is 4.33. The van der Waals surface area contributed by atoms with E-state index in [4.69, 9.17) is 5.21 Å². The Balaban J connectivity index is 1.67. The summed E-state index contributed by atoms with van der Waals surface area (Å²) in [6.07, 6.45) is 3.92. The molecule has 2 atom stereocenters. The van der Waals surface area contributed by atoms with Crippen molar-refractivity contribution >= 4 is 23.3 Å². The van der Waals surface area contributed by atoms with Crippen LogP contribution in [0.25, 0.3) is 11.1 Å². The first-order valence-corrected chi connectivity index (χ1v) is 9.14. The molecule has 0 aliphatic heterocycles. The van der Waals surface area contributed by atoms with E-state index in [0.29, 0.717) is 11.4 Å². The van der Waals surface area contributed by atoms with E-state index in [1.807, 2.05) is 24.3 Å². The third-order valence-electron chi connectivity index (χ3n) is 4.36. The Hall–Kier alpha value is -3.82. The smallest absolute Gasteiger partial charge is 0.268 e. The summed E-state index contributed by atoms with van der Waals surface area (Å²) in [4.78, 5) is 32.2. The number of rotatable bonds is 7. The van der Waals surface area contributed by atoms with Crippen molar-refractivity contribution in [2.24, 2.45) is 0 Å². The highest BCUT2D eigenvalue weighted by atomic mass is 16.5. The molecular weight excluding hydrogens is 386 g/mol. The van der Waals surface area contributed by atoms with Gasteiger partial charge in [0.2, 0.25) is 0 Å². The Morgan fingerprint density at radius 1 is 0.967 bits per heavy atom. The molecule has 9 nitrogen and oxygen atoms in total. The number of hydrogen-bond donors (Lipinski definition) is 5. The third-order valence-corrected chi connectivity index (χ3v) is 4.36. The standard InChI is InChI=1S/C21H21N5O4/c1-13(27)19(21(29)26-30)25-20(28)15-4-2-14(3-5-15)16-6-7-18(23-12-16)24-17-8-10-22-11-9-17/h2-13,19,27,30H,1H3,(H,25,28)(H,26,29)(H,22,23,24)/t13-,19+/m1/s1. The number of nitrogens with one attached hydrogen (secondary N) is 3. The van der Waals surface area contributed by atoms with Gasteiger partial charge < -0.3 is 15.7 Å². The highest BCUT2D eigenvalue weighted by Gasteiger charge is 2.25. The van der Waals surface area contributed by atoms with E-state index in [0.717, 1.165) is 16.8 Å². The van der Waals surface area contributed by atoms with Gasteiger partial charge in [-0.25, -0.2) is 10.5 Å². The maximum Gasteiger partial charge on any atom is 0.268 e. The largest absolute Gasteiger partial charge is 0.391 e. The second-order valence-corrected chi connectivity index (χ2v) is 6.54. The fraction of sp³-hybridized carbons (Fsp3) is 0.143. The van der Waals surface area contributed by atoms with E-state index in [2.05, 4.69) is 20.6 Å². The van der Waals surface area contributed by atoms with E-state index in [9.17, 15) is 14.7 Å². The normalized spacial score (nSPS) is 12.5. The molecule has 0 aliphatic rings. The number of aliphatic hydroxyl groups excluding tert-OH is 1. The summed E-state index contributed by atoms with van der Waals surface area (Å²) in [6.45, 7) is 1.34. The first-order chi connectivity index (χ1) is 14.5. The minimum absolute atomic E-state index is 0.305. The first kappa shape index (κ1) is 20.9. The van der Waals surface area contributed by atoms with Crippen molar-refractivity contribution < 1.29 is 19.9 Å². The topological polar surface area (TPSA) is 136 Å². The Morgan fingerprint density at radius 2 is 1.63 bits per heavy atom. The van der Waals surface area contributed by atoms with Gasteiger partial charge in [0.15, 0.2) is 0 Å². The van der Waals surface area contributed by atoms with Crippen LogP contribution >= 0.6 is 0 Å². The van der Waals surface area contributed by atoms with Crippen molar-refractivity contribution in [2.75, 3.05) is 5.32 Å². The van der Waals surface area contributed by atoms with E-state index in [1.165, 1.54) is 12.4 Å². The van der Waals surface area contributed by atoms with Crippen molar-refractivity contribution in [1.29, 1.82) is 0 Å². The second-order valence-electron chi connectivity index (χ2n) is 6.54. The summed E-state index contributed by atoms with van der Waals surface area (Å²) in [6, 6.07) is 12.9. The van der Waals surface area contributed by atoms with Gasteiger partial charge in [-0.2, -0.15) is 0 Å². The fourth-order valence-corrected chi connectivity index (χ4v) is 2.74. The lowest BCUT2D eigenvalue weighted by Crippen LogP contribution is -2.51. The van der Waals surface area contributed by atoms with E-state index >= 15 is 0 Å². The van der Waals surface area contributed by atoms with Crippen molar-refractivity contribution in [3.63, 3.8) is 0 Å². The highest BCUT2D eigenvalue weighted by Crippen LogP contribution is 2.21. The van der Waals surface area contributed by atoms with E-state index in [1.54, 1.807) is 42.9 Å². The van der Waals surface area contributed by atoms with E-state index < -0.39 is 24.0 Å². The molecule has 0 saturated heterocycles. The van der Waals surface area contributed by atoms with Gasteiger partial charge in [-0.3, -0.25) is 19.8 Å². The summed E-state index contributed by atoms with van der Waals surface area (Å²) in [5, 5.41) is 23.9. The van der Waals surface area contributed by atoms with Crippen molar-refractivity contribution in [3.05, 3.63) is 72.7 Å². The quantitative estimate of drug-likeness (QED) is 0.298. The average molecular weight is 407 g/mol. The summed E-state index contributed by atoms with van der Waals surface area (Å²) >= 11 is 0. The van der Waals surface area contributed by atoms with Gasteiger partial charge in [0.25, 0.3) is 11.8 Å². The zero-order valence-corrected chi connectivity index (χ0v) is 16.1. The molecule has 0 aliphatic carbocycles. The Labute approximate surface area is 172 Å². The molecule has 0 spiro atoms. The number of aliphatic hydroxyl groups is 1. The number of pyridine rings is 2. The second kappa shape index (κ2) is 9.59. The molecular formula is C21H21N5O4. The van der Waals surface area contributed by atoms with Crippen LogP contribution in [-0.2, 0) is 4.79 Å². The number of nitrogens with zero attached hydrogens (tertiary/aromatic N) is 2. The van der Waals surface area contributed by atoms with Gasteiger partial charge in [0.1, 0.15) is 11.9 Å². The van der Waals surface area contributed by atoms with Gasteiger partial charge in [-0.15, -0.1) is 0 Å². The van der Waals surface area contributed by atoms with Crippen LogP contribution in [-0.4, -0.2) is 44.2 Å². The molecule has 1 aromatic carbocycles. The SMILES string of the molecule is C[C@@H](O)[C@H](NC(=O)c1ccc(-c2ccc(Nc3ccncc3)nc2)cc1)C(=O)NO. The Bertz CT molecular complexity index is 992. The lowest BCUT2D eigenvalue weighted by molar-refractivity contribution is -0.133. The molecule has 9 heteroatoms. The molecule has 0 fully saturated rings. The van der Waals surface area contributed by atoms with Crippen molar-refractivity contribution in [3.8, 4) is 11.1 Å². The van der Waals surface area contributed by atoms with Crippen LogP contribution in [0.2, 0.25) is 0 Å². The lowest BCUT2D eigenvalue weighted by Gasteiger charge is -2.19. The van der Waals surface area contributed by atoms with Crippen LogP contribution in [0, 0.1) is 0 Å². The molecule has 3 rings (SSSR count). The molecule has 2 amide bonds. The number of carbonyl (C=O) groups is 2. The van der Waals surface area contributed by atoms with Crippen molar-refractivity contribution in [1.82, 2.24) is 20.8 Å². The predicted molar refractivity (Wildman–Crippen MR) is 110 cm³/mol. The Kier molecular flexibility index (Phi) is 6.68. The number of anilines is 2. The molecule has 0 bridgehead atoms. The van der Waals surface area contributed by atoms with Gasteiger partial charge in [0, 0.05) is 35.4 Å². The maximum atomic E-state index is 12.3. The first-order valence-electron chi connectivity index (χ1n) is 9.14. The van der Waals surface area contributed by atoms with Crippen LogP contribution in [0.5, 0.6) is 0 Å². The average Bonchev–Trinajstić information content (AvgIpc) is 2.78. The molecule has 0 radical (unpaired) electrons. The van der Waals surface area contributed by atoms with Crippen LogP contribution in [0.1, 0.15) is 17.3 Å². The fourth-order valence-electron chi connectivity index (χ4n) is 2.74. The number of aromatic nitrogens is 2. The number of hydrogen-bond acceptors (Lipinski definition) is 7. The molecule has 30 heavy (non-hydrogen) atoms. The number of carbonyl (C=O) groups excluding carboxylic acids is 2. The summed E-state index contributed by atoms with van der Waals surface area (Å²) < 4.78 is 0. The van der Waals surface area contributed by atoms with Gasteiger partial charge in [0.05, 0.1) is 6.10 Å². The maximum absolute atomic E-state index is 12.3. The zero-order valence-electron chi connectivity index (χ0n) is 16.1. The molecule has 5 N–H and O–H groups in total. The summed E-state index contributed by atoms with van der Waals surface area (Å²) in [7, 11) is 0. The van der Waals surface area contributed by atoms with E-state index in [-0.39, 0.29) is 0 Å². The monoisotopic (exact) mass is 407 g/mol. The van der Waals surface area contributed by atoms with Gasteiger partial charge in [-0.05, 0) is 48.9 Å².